The second-order valence-electron chi connectivity index (χ2n) is 1.56. The van der Waals surface area contributed by atoms with Gasteiger partial charge in [0.25, 0.3) is 0 Å². The van der Waals surface area contributed by atoms with Crippen LogP contribution in [-0.2, 0) is 0 Å². The van der Waals surface area contributed by atoms with Gasteiger partial charge < -0.3 is 5.41 Å². The molecule has 0 rings (SSSR count). The SMILES string of the molecule is C=C(C)C(=C)C.C=N. The van der Waals surface area contributed by atoms with Gasteiger partial charge in [-0.15, -0.1) is 0 Å². The maximum Gasteiger partial charge on any atom is -0.0187 e. The number of nitrogens with one attached hydrogen (secondary N) is 1. The maximum atomic E-state index is 5.50. The van der Waals surface area contributed by atoms with Crippen LogP contribution in [0.3, 0.4) is 0 Å². The average molecular weight is 111 g/mol. The molecule has 1 nitrogen and oxygen atoms in total. The summed E-state index contributed by atoms with van der Waals surface area (Å²) in [6.07, 6.45) is 0. The van der Waals surface area contributed by atoms with Gasteiger partial charge in [-0.05, 0) is 20.6 Å². The van der Waals surface area contributed by atoms with Crippen LogP contribution in [0.25, 0.3) is 0 Å². The fraction of sp³-hybridized carbons (Fsp3) is 0.286. The smallest absolute Gasteiger partial charge is 0.0187 e. The zero-order valence-electron chi connectivity index (χ0n) is 5.62. The molecule has 0 heterocycles. The highest BCUT2D eigenvalue weighted by Crippen LogP contribution is 1.98. The zero-order valence-corrected chi connectivity index (χ0v) is 5.62. The standard InChI is InChI=1S/C6H10.CH3N/c1-5(2)6(3)4;1-2/h1,3H2,2,4H3;2H,1H2. The lowest BCUT2D eigenvalue weighted by molar-refractivity contribution is 1.39. The van der Waals surface area contributed by atoms with E-state index in [1.54, 1.807) is 0 Å². The first-order chi connectivity index (χ1) is 3.64. The monoisotopic (exact) mass is 111 g/mol. The molecule has 0 amide bonds. The Morgan fingerprint density at radius 2 is 1.12 bits per heavy atom. The summed E-state index contributed by atoms with van der Waals surface area (Å²) in [5.41, 5.74) is 2.13. The molecule has 46 valence electrons. The predicted octanol–water partition coefficient (Wildman–Crippen LogP) is 2.40. The molecule has 0 bridgehead atoms. The predicted molar refractivity (Wildman–Crippen MR) is 39.5 cm³/mol. The first kappa shape index (κ1) is 10.2. The average Bonchev–Trinajstić information content (AvgIpc) is 1.72. The van der Waals surface area contributed by atoms with E-state index in [0.29, 0.717) is 0 Å². The molecule has 0 aliphatic carbocycles. The van der Waals surface area contributed by atoms with E-state index in [1.807, 2.05) is 13.8 Å². The van der Waals surface area contributed by atoms with Crippen LogP contribution in [0.1, 0.15) is 13.8 Å². The van der Waals surface area contributed by atoms with Crippen molar-refractivity contribution in [2.24, 2.45) is 0 Å². The Balaban J connectivity index is 0. The first-order valence-electron chi connectivity index (χ1n) is 2.31. The minimum atomic E-state index is 1.06. The van der Waals surface area contributed by atoms with E-state index in [0.717, 1.165) is 11.1 Å². The summed E-state index contributed by atoms with van der Waals surface area (Å²) in [6.45, 7) is 13.7. The fourth-order valence-electron chi connectivity index (χ4n) is 0. The van der Waals surface area contributed by atoms with Crippen LogP contribution in [0, 0.1) is 5.41 Å². The Morgan fingerprint density at radius 3 is 1.12 bits per heavy atom. The lowest BCUT2D eigenvalue weighted by Gasteiger charge is -1.88. The van der Waals surface area contributed by atoms with Gasteiger partial charge in [-0.3, -0.25) is 0 Å². The van der Waals surface area contributed by atoms with Crippen LogP contribution in [0.4, 0.5) is 0 Å². The van der Waals surface area contributed by atoms with E-state index in [-0.39, 0.29) is 0 Å². The third-order valence-electron chi connectivity index (χ3n) is 0.729. The summed E-state index contributed by atoms with van der Waals surface area (Å²) in [5, 5.41) is 5.50. The molecule has 0 saturated carbocycles. The maximum absolute atomic E-state index is 5.50. The van der Waals surface area contributed by atoms with E-state index < -0.39 is 0 Å². The van der Waals surface area contributed by atoms with Gasteiger partial charge in [-0.2, -0.15) is 0 Å². The third kappa shape index (κ3) is 8.94. The number of hydrogen-bond acceptors (Lipinski definition) is 1. The molecule has 0 radical (unpaired) electrons. The lowest BCUT2D eigenvalue weighted by atomic mass is 10.2. The van der Waals surface area contributed by atoms with Crippen molar-refractivity contribution < 1.29 is 0 Å². The Morgan fingerprint density at radius 1 is 1.00 bits per heavy atom. The van der Waals surface area contributed by atoms with Gasteiger partial charge in [0, 0.05) is 0 Å². The number of rotatable bonds is 1. The topological polar surface area (TPSA) is 23.9 Å². The van der Waals surface area contributed by atoms with Gasteiger partial charge in [-0.25, -0.2) is 0 Å². The van der Waals surface area contributed by atoms with E-state index in [2.05, 4.69) is 19.9 Å². The molecule has 0 aromatic carbocycles. The molecular weight excluding hydrogens is 98.1 g/mol. The van der Waals surface area contributed by atoms with Crippen molar-refractivity contribution in [3.05, 3.63) is 24.3 Å². The van der Waals surface area contributed by atoms with Crippen molar-refractivity contribution in [3.8, 4) is 0 Å². The normalized spacial score (nSPS) is 6.25. The molecule has 0 saturated heterocycles. The van der Waals surface area contributed by atoms with Crippen molar-refractivity contribution >= 4 is 6.72 Å². The fourth-order valence-corrected chi connectivity index (χ4v) is 0. The van der Waals surface area contributed by atoms with E-state index in [9.17, 15) is 0 Å². The van der Waals surface area contributed by atoms with Gasteiger partial charge in [0.2, 0.25) is 0 Å². The molecule has 0 unspecified atom stereocenters. The van der Waals surface area contributed by atoms with Crippen molar-refractivity contribution in [2.75, 3.05) is 0 Å². The molecule has 0 atom stereocenters. The summed E-state index contributed by atoms with van der Waals surface area (Å²) in [7, 11) is 0. The van der Waals surface area contributed by atoms with Crippen molar-refractivity contribution in [3.63, 3.8) is 0 Å². The highest BCUT2D eigenvalue weighted by atomic mass is 14.2. The Kier molecular flexibility index (Phi) is 7.84. The van der Waals surface area contributed by atoms with Crippen molar-refractivity contribution in [1.82, 2.24) is 0 Å². The molecule has 0 aromatic rings. The molecule has 0 fully saturated rings. The molecule has 1 N–H and O–H groups in total. The Hall–Kier alpha value is -0.850. The summed E-state index contributed by atoms with van der Waals surface area (Å²) in [6, 6.07) is 0. The quantitative estimate of drug-likeness (QED) is 0.397. The second kappa shape index (κ2) is 6.15. The van der Waals surface area contributed by atoms with Crippen molar-refractivity contribution in [1.29, 1.82) is 5.41 Å². The molecule has 8 heavy (non-hydrogen) atoms. The third-order valence-corrected chi connectivity index (χ3v) is 0.729. The van der Waals surface area contributed by atoms with E-state index in [4.69, 9.17) is 5.41 Å². The Bertz CT molecular complexity index is 80.6. The zero-order chi connectivity index (χ0) is 7.15. The summed E-state index contributed by atoms with van der Waals surface area (Å²) in [5.74, 6) is 0. The lowest BCUT2D eigenvalue weighted by Crippen LogP contribution is -1.67. The van der Waals surface area contributed by atoms with Crippen LogP contribution < -0.4 is 0 Å². The molecule has 0 aliphatic rings. The van der Waals surface area contributed by atoms with E-state index >= 15 is 0 Å². The number of hydrogen-bond donors (Lipinski definition) is 1. The van der Waals surface area contributed by atoms with Gasteiger partial charge in [0.15, 0.2) is 0 Å². The largest absolute Gasteiger partial charge is 0.317 e. The highest BCUT2D eigenvalue weighted by molar-refractivity contribution is 5.19. The van der Waals surface area contributed by atoms with Crippen LogP contribution in [-0.4, -0.2) is 6.72 Å². The minimum absolute atomic E-state index is 1.06. The van der Waals surface area contributed by atoms with Gasteiger partial charge in [-0.1, -0.05) is 24.3 Å². The summed E-state index contributed by atoms with van der Waals surface area (Å²) >= 11 is 0. The summed E-state index contributed by atoms with van der Waals surface area (Å²) < 4.78 is 0. The van der Waals surface area contributed by atoms with Crippen LogP contribution in [0.15, 0.2) is 24.3 Å². The van der Waals surface area contributed by atoms with Gasteiger partial charge >= 0.3 is 0 Å². The minimum Gasteiger partial charge on any atom is -0.317 e. The number of allylic oxidation sites excluding steroid dienone is 2. The van der Waals surface area contributed by atoms with E-state index in [1.165, 1.54) is 0 Å². The molecular formula is C7H13N. The highest BCUT2D eigenvalue weighted by Gasteiger charge is 1.77. The van der Waals surface area contributed by atoms with Gasteiger partial charge in [0.05, 0.1) is 0 Å². The molecule has 0 aromatic heterocycles. The van der Waals surface area contributed by atoms with Crippen LogP contribution >= 0.6 is 0 Å². The molecule has 0 spiro atoms. The van der Waals surface area contributed by atoms with Crippen LogP contribution in [0.2, 0.25) is 0 Å². The molecule has 1 heteroatoms. The van der Waals surface area contributed by atoms with Crippen molar-refractivity contribution in [2.45, 2.75) is 13.8 Å². The molecule has 0 aliphatic heterocycles. The second-order valence-corrected chi connectivity index (χ2v) is 1.56. The summed E-state index contributed by atoms with van der Waals surface area (Å²) in [4.78, 5) is 0. The first-order valence-corrected chi connectivity index (χ1v) is 2.31. The van der Waals surface area contributed by atoms with Crippen LogP contribution in [0.5, 0.6) is 0 Å². The Labute approximate surface area is 51.2 Å². The van der Waals surface area contributed by atoms with Gasteiger partial charge in [0.1, 0.15) is 0 Å².